The summed E-state index contributed by atoms with van der Waals surface area (Å²) in [4.78, 5) is 22.9. The van der Waals surface area contributed by atoms with Crippen LogP contribution in [0, 0.1) is 12.7 Å². The van der Waals surface area contributed by atoms with Gasteiger partial charge in [0, 0.05) is 44.5 Å². The fraction of sp³-hybridized carbons (Fsp3) is 0.407. The van der Waals surface area contributed by atoms with Gasteiger partial charge in [-0.2, -0.15) is 9.97 Å². The summed E-state index contributed by atoms with van der Waals surface area (Å²) >= 11 is 0. The number of benzene rings is 1. The van der Waals surface area contributed by atoms with Crippen LogP contribution in [-0.4, -0.2) is 74.1 Å². The fourth-order valence-corrected chi connectivity index (χ4v) is 4.47. The van der Waals surface area contributed by atoms with E-state index >= 15 is 0 Å². The van der Waals surface area contributed by atoms with Crippen LogP contribution in [0.5, 0.6) is 6.01 Å². The molecule has 9 heteroatoms. The average Bonchev–Trinajstić information content (AvgIpc) is 3.24. The summed E-state index contributed by atoms with van der Waals surface area (Å²) in [6.45, 7) is 10.3. The first-order valence-electron chi connectivity index (χ1n) is 12.5. The predicted octanol–water partition coefficient (Wildman–Crippen LogP) is 3.92. The summed E-state index contributed by atoms with van der Waals surface area (Å²) in [7, 11) is 2.17. The third kappa shape index (κ3) is 5.37. The second kappa shape index (κ2) is 10.7. The summed E-state index contributed by atoms with van der Waals surface area (Å²) in [5.41, 5.74) is 5.04. The summed E-state index contributed by atoms with van der Waals surface area (Å²) in [6, 6.07) is 10.4. The van der Waals surface area contributed by atoms with Crippen molar-refractivity contribution in [1.29, 1.82) is 0 Å². The van der Waals surface area contributed by atoms with E-state index < -0.39 is 5.82 Å². The first-order valence-corrected chi connectivity index (χ1v) is 12.5. The molecule has 0 amide bonds. The van der Waals surface area contributed by atoms with Crippen molar-refractivity contribution in [1.82, 2.24) is 34.3 Å². The SMILES string of the molecule is CCCOc1nc(C)c2nc(-c3cncc(F)c3)n(Cc3ccc(CN4CCN(C)CC4)cc3)c2n1. The second-order valence-electron chi connectivity index (χ2n) is 9.42. The average molecular weight is 490 g/mol. The normalized spacial score (nSPS) is 15.0. The van der Waals surface area contributed by atoms with E-state index in [1.54, 1.807) is 6.20 Å². The number of aryl methyl sites for hydroxylation is 1. The van der Waals surface area contributed by atoms with Crippen LogP contribution in [0.15, 0.2) is 42.7 Å². The van der Waals surface area contributed by atoms with Crippen molar-refractivity contribution >= 4 is 11.2 Å². The Morgan fingerprint density at radius 3 is 2.36 bits per heavy atom. The standard InChI is InChI=1S/C27H32FN7O/c1-4-13-36-27-30-19(2)24-26(32-27)35(25(31-24)22-14-23(28)16-29-15-22)18-21-7-5-20(6-8-21)17-34-11-9-33(3)10-12-34/h5-8,14-16H,4,9-13,17-18H2,1-3H3. The second-order valence-corrected chi connectivity index (χ2v) is 9.42. The Bertz CT molecular complexity index is 1330. The number of hydrogen-bond acceptors (Lipinski definition) is 7. The minimum atomic E-state index is -0.408. The Morgan fingerprint density at radius 2 is 1.67 bits per heavy atom. The molecule has 0 saturated carbocycles. The van der Waals surface area contributed by atoms with Gasteiger partial charge >= 0.3 is 6.01 Å². The van der Waals surface area contributed by atoms with Gasteiger partial charge in [-0.3, -0.25) is 9.88 Å². The smallest absolute Gasteiger partial charge is 0.318 e. The number of ether oxygens (including phenoxy) is 1. The summed E-state index contributed by atoms with van der Waals surface area (Å²) in [5, 5.41) is 0. The third-order valence-corrected chi connectivity index (χ3v) is 6.51. The van der Waals surface area contributed by atoms with Gasteiger partial charge in [0.15, 0.2) is 5.65 Å². The van der Waals surface area contributed by atoms with Crippen LogP contribution in [0.25, 0.3) is 22.6 Å². The van der Waals surface area contributed by atoms with Crippen molar-refractivity contribution in [2.75, 3.05) is 39.8 Å². The zero-order valence-corrected chi connectivity index (χ0v) is 21.1. The van der Waals surface area contributed by atoms with Crippen LogP contribution in [0.3, 0.4) is 0 Å². The predicted molar refractivity (Wildman–Crippen MR) is 137 cm³/mol. The van der Waals surface area contributed by atoms with E-state index in [-0.39, 0.29) is 0 Å². The molecule has 1 aliphatic rings. The first kappa shape index (κ1) is 24.3. The number of aromatic nitrogens is 5. The Balaban J connectivity index is 1.47. The van der Waals surface area contributed by atoms with Crippen molar-refractivity contribution in [3.63, 3.8) is 0 Å². The van der Waals surface area contributed by atoms with Crippen LogP contribution >= 0.6 is 0 Å². The number of rotatable bonds is 8. The van der Waals surface area contributed by atoms with Crippen molar-refractivity contribution in [3.8, 4) is 17.4 Å². The number of fused-ring (bicyclic) bond motifs is 1. The molecule has 1 aromatic carbocycles. The van der Waals surface area contributed by atoms with Crippen LogP contribution in [-0.2, 0) is 13.1 Å². The van der Waals surface area contributed by atoms with Gasteiger partial charge in [-0.05, 0) is 37.6 Å². The largest absolute Gasteiger partial charge is 0.463 e. The van der Waals surface area contributed by atoms with E-state index in [2.05, 4.69) is 56.1 Å². The maximum absolute atomic E-state index is 14.1. The van der Waals surface area contributed by atoms with Crippen LogP contribution < -0.4 is 4.74 Å². The maximum atomic E-state index is 14.1. The zero-order valence-electron chi connectivity index (χ0n) is 21.1. The molecule has 1 fully saturated rings. The molecule has 1 aliphatic heterocycles. The summed E-state index contributed by atoms with van der Waals surface area (Å²) < 4.78 is 21.8. The molecule has 1 saturated heterocycles. The molecule has 5 rings (SSSR count). The molecular formula is C27H32FN7O. The molecule has 188 valence electrons. The van der Waals surface area contributed by atoms with Gasteiger partial charge in [0.2, 0.25) is 0 Å². The van der Waals surface area contributed by atoms with Gasteiger partial charge < -0.3 is 14.2 Å². The highest BCUT2D eigenvalue weighted by atomic mass is 19.1. The molecule has 8 nitrogen and oxygen atoms in total. The lowest BCUT2D eigenvalue weighted by molar-refractivity contribution is 0.148. The molecule has 4 heterocycles. The number of halogens is 1. The van der Waals surface area contributed by atoms with Crippen molar-refractivity contribution < 1.29 is 9.13 Å². The maximum Gasteiger partial charge on any atom is 0.318 e. The van der Waals surface area contributed by atoms with Crippen molar-refractivity contribution in [2.24, 2.45) is 0 Å². The van der Waals surface area contributed by atoms with E-state index in [1.807, 2.05) is 18.4 Å². The lowest BCUT2D eigenvalue weighted by atomic mass is 10.1. The van der Waals surface area contributed by atoms with E-state index in [0.717, 1.165) is 50.4 Å². The molecule has 0 radical (unpaired) electrons. The molecule has 0 atom stereocenters. The molecule has 3 aromatic heterocycles. The monoisotopic (exact) mass is 489 g/mol. The first-order chi connectivity index (χ1) is 17.5. The number of likely N-dealkylation sites (N-methyl/N-ethyl adjacent to an activating group) is 1. The number of nitrogens with zero attached hydrogens (tertiary/aromatic N) is 7. The molecule has 0 aliphatic carbocycles. The van der Waals surface area contributed by atoms with Gasteiger partial charge in [-0.15, -0.1) is 0 Å². The number of imidazole rings is 1. The van der Waals surface area contributed by atoms with Crippen LogP contribution in [0.1, 0.15) is 30.2 Å². The van der Waals surface area contributed by atoms with Gasteiger partial charge in [0.1, 0.15) is 17.2 Å². The van der Waals surface area contributed by atoms with Crippen LogP contribution in [0.2, 0.25) is 0 Å². The van der Waals surface area contributed by atoms with Gasteiger partial charge in [-0.25, -0.2) is 9.37 Å². The summed E-state index contributed by atoms with van der Waals surface area (Å²) in [5.74, 6) is 0.192. The van der Waals surface area contributed by atoms with Crippen molar-refractivity contribution in [2.45, 2.75) is 33.4 Å². The molecule has 0 bridgehead atoms. The third-order valence-electron chi connectivity index (χ3n) is 6.51. The zero-order chi connectivity index (χ0) is 25.1. The molecule has 36 heavy (non-hydrogen) atoms. The number of hydrogen-bond donors (Lipinski definition) is 0. The van der Waals surface area contributed by atoms with Crippen molar-refractivity contribution in [3.05, 3.63) is 65.4 Å². The molecule has 4 aromatic rings. The van der Waals surface area contributed by atoms with E-state index in [4.69, 9.17) is 9.72 Å². The minimum Gasteiger partial charge on any atom is -0.463 e. The topological polar surface area (TPSA) is 72.2 Å². The minimum absolute atomic E-state index is 0.328. The Hall–Kier alpha value is -3.43. The van der Waals surface area contributed by atoms with E-state index in [1.165, 1.54) is 17.8 Å². The Morgan fingerprint density at radius 1 is 0.944 bits per heavy atom. The molecule has 0 spiro atoms. The van der Waals surface area contributed by atoms with Gasteiger partial charge in [-0.1, -0.05) is 31.2 Å². The molecular weight excluding hydrogens is 457 g/mol. The highest BCUT2D eigenvalue weighted by Crippen LogP contribution is 2.27. The van der Waals surface area contributed by atoms with E-state index in [9.17, 15) is 4.39 Å². The molecule has 0 N–H and O–H groups in total. The lowest BCUT2D eigenvalue weighted by Gasteiger charge is -2.32. The number of piperazine rings is 1. The fourth-order valence-electron chi connectivity index (χ4n) is 4.47. The Labute approximate surface area is 210 Å². The van der Waals surface area contributed by atoms with Gasteiger partial charge in [0.05, 0.1) is 25.0 Å². The molecule has 0 unspecified atom stereocenters. The number of pyridine rings is 1. The highest BCUT2D eigenvalue weighted by molar-refractivity contribution is 5.79. The lowest BCUT2D eigenvalue weighted by Crippen LogP contribution is -2.43. The van der Waals surface area contributed by atoms with Gasteiger partial charge in [0.25, 0.3) is 0 Å². The Kier molecular flexibility index (Phi) is 7.20. The summed E-state index contributed by atoms with van der Waals surface area (Å²) in [6.07, 6.45) is 3.68. The van der Waals surface area contributed by atoms with E-state index in [0.29, 0.717) is 41.7 Å². The highest BCUT2D eigenvalue weighted by Gasteiger charge is 2.19. The quantitative estimate of drug-likeness (QED) is 0.371. The van der Waals surface area contributed by atoms with Crippen LogP contribution in [0.4, 0.5) is 4.39 Å².